The van der Waals surface area contributed by atoms with Gasteiger partial charge in [0.1, 0.15) is 5.52 Å². The van der Waals surface area contributed by atoms with E-state index in [-0.39, 0.29) is 6.61 Å². The van der Waals surface area contributed by atoms with Gasteiger partial charge in [0, 0.05) is 6.54 Å². The molecule has 0 saturated heterocycles. The number of unbranched alkanes of at least 4 members (excludes halogenated alkanes) is 3. The molecule has 0 bridgehead atoms. The third-order valence-corrected chi connectivity index (χ3v) is 3.22. The Balaban J connectivity index is 1.85. The van der Waals surface area contributed by atoms with Gasteiger partial charge >= 0.3 is 0 Å². The molecular weight excluding hydrogens is 254 g/mol. The van der Waals surface area contributed by atoms with Gasteiger partial charge in [-0.2, -0.15) is 5.10 Å². The summed E-state index contributed by atoms with van der Waals surface area (Å²) in [5.41, 5.74) is 2.44. The van der Waals surface area contributed by atoms with Crippen LogP contribution in [0.2, 0.25) is 0 Å². The minimum atomic E-state index is 0.0551. The molecule has 0 radical (unpaired) electrons. The fourth-order valence-corrected chi connectivity index (χ4v) is 2.14. The molecule has 0 fully saturated rings. The number of nitrogens with one attached hydrogen (secondary N) is 1. The summed E-state index contributed by atoms with van der Waals surface area (Å²) in [4.78, 5) is 8.90. The quantitative estimate of drug-likeness (QED) is 0.679. The Morgan fingerprint density at radius 2 is 2.15 bits per heavy atom. The smallest absolute Gasteiger partial charge is 0.176 e. The van der Waals surface area contributed by atoms with Crippen LogP contribution in [-0.4, -0.2) is 38.0 Å². The minimum absolute atomic E-state index is 0.0551. The molecule has 2 aromatic heterocycles. The molecular formula is C14H23N5O. The number of aliphatic hydroxyl groups excluding tert-OH is 1. The summed E-state index contributed by atoms with van der Waals surface area (Å²) < 4.78 is 1.67. The molecule has 2 aromatic rings. The summed E-state index contributed by atoms with van der Waals surface area (Å²) in [6.45, 7) is 4.48. The Hall–Kier alpha value is -1.53. The topological polar surface area (TPSA) is 75.9 Å². The van der Waals surface area contributed by atoms with E-state index in [1.54, 1.807) is 17.1 Å². The maximum atomic E-state index is 8.94. The Morgan fingerprint density at radius 1 is 1.25 bits per heavy atom. The largest absolute Gasteiger partial charge is 0.394 e. The second-order valence-corrected chi connectivity index (χ2v) is 4.90. The number of hydrogen-bond acceptors (Lipinski definition) is 5. The molecule has 0 aromatic carbocycles. The monoisotopic (exact) mass is 277 g/mol. The van der Waals surface area contributed by atoms with Gasteiger partial charge in [0.25, 0.3) is 0 Å². The standard InChI is InChI=1S/C14H23N5O/c1-2-3-4-5-6-15-9-12-10-16-14-13(18-12)11-17-19(14)7-8-20/h10-11,15,20H,2-9H2,1H3. The van der Waals surface area contributed by atoms with Crippen LogP contribution in [0.4, 0.5) is 0 Å². The zero-order chi connectivity index (χ0) is 14.2. The highest BCUT2D eigenvalue weighted by Gasteiger charge is 2.06. The molecule has 0 saturated carbocycles. The fourth-order valence-electron chi connectivity index (χ4n) is 2.14. The van der Waals surface area contributed by atoms with E-state index in [9.17, 15) is 0 Å². The predicted molar refractivity (Wildman–Crippen MR) is 78.3 cm³/mol. The molecule has 6 heteroatoms. The number of aromatic nitrogens is 4. The van der Waals surface area contributed by atoms with Crippen LogP contribution >= 0.6 is 0 Å². The zero-order valence-corrected chi connectivity index (χ0v) is 12.0. The predicted octanol–water partition coefficient (Wildman–Crippen LogP) is 1.49. The number of fused-ring (bicyclic) bond motifs is 1. The highest BCUT2D eigenvalue weighted by Crippen LogP contribution is 2.08. The van der Waals surface area contributed by atoms with Crippen molar-refractivity contribution in [2.24, 2.45) is 0 Å². The Bertz CT molecular complexity index is 525. The molecule has 0 unspecified atom stereocenters. The van der Waals surface area contributed by atoms with Crippen molar-refractivity contribution in [3.8, 4) is 0 Å². The van der Waals surface area contributed by atoms with Crippen LogP contribution in [0.15, 0.2) is 12.4 Å². The van der Waals surface area contributed by atoms with Gasteiger partial charge in [-0.15, -0.1) is 0 Å². The first-order valence-corrected chi connectivity index (χ1v) is 7.34. The van der Waals surface area contributed by atoms with Crippen LogP contribution in [0.1, 0.15) is 38.3 Å². The van der Waals surface area contributed by atoms with Crippen molar-refractivity contribution in [3.63, 3.8) is 0 Å². The van der Waals surface area contributed by atoms with Crippen LogP contribution in [0.3, 0.4) is 0 Å². The van der Waals surface area contributed by atoms with E-state index in [1.807, 2.05) is 0 Å². The second kappa shape index (κ2) is 7.91. The van der Waals surface area contributed by atoms with Crippen molar-refractivity contribution in [1.82, 2.24) is 25.1 Å². The normalized spacial score (nSPS) is 11.3. The molecule has 2 rings (SSSR count). The van der Waals surface area contributed by atoms with Crippen LogP contribution < -0.4 is 5.32 Å². The zero-order valence-electron chi connectivity index (χ0n) is 12.0. The minimum Gasteiger partial charge on any atom is -0.394 e. The summed E-state index contributed by atoms with van der Waals surface area (Å²) in [6.07, 6.45) is 8.53. The van der Waals surface area contributed by atoms with Crippen molar-refractivity contribution in [2.75, 3.05) is 13.2 Å². The first kappa shape index (κ1) is 14.9. The molecule has 6 nitrogen and oxygen atoms in total. The molecule has 2 N–H and O–H groups in total. The van der Waals surface area contributed by atoms with E-state index < -0.39 is 0 Å². The molecule has 20 heavy (non-hydrogen) atoms. The Kier molecular flexibility index (Phi) is 5.88. The highest BCUT2D eigenvalue weighted by atomic mass is 16.3. The number of rotatable bonds is 9. The van der Waals surface area contributed by atoms with Crippen molar-refractivity contribution in [2.45, 2.75) is 45.7 Å². The molecule has 0 aliphatic heterocycles. The summed E-state index contributed by atoms with van der Waals surface area (Å²) in [7, 11) is 0. The van der Waals surface area contributed by atoms with Crippen molar-refractivity contribution < 1.29 is 5.11 Å². The molecule has 0 aliphatic carbocycles. The van der Waals surface area contributed by atoms with E-state index in [0.717, 1.165) is 29.9 Å². The van der Waals surface area contributed by atoms with Crippen LogP contribution in [-0.2, 0) is 13.1 Å². The summed E-state index contributed by atoms with van der Waals surface area (Å²) >= 11 is 0. The first-order chi connectivity index (χ1) is 9.85. The van der Waals surface area contributed by atoms with Gasteiger partial charge in [0.2, 0.25) is 0 Å². The molecule has 0 aliphatic rings. The number of nitrogens with zero attached hydrogens (tertiary/aromatic N) is 4. The highest BCUT2D eigenvalue weighted by molar-refractivity contribution is 5.69. The van der Waals surface area contributed by atoms with Crippen LogP contribution in [0.25, 0.3) is 11.2 Å². The molecule has 0 amide bonds. The second-order valence-electron chi connectivity index (χ2n) is 4.90. The van der Waals surface area contributed by atoms with Crippen LogP contribution in [0.5, 0.6) is 0 Å². The summed E-state index contributed by atoms with van der Waals surface area (Å²) in [6, 6.07) is 0. The third kappa shape index (κ3) is 3.98. The van der Waals surface area contributed by atoms with Gasteiger partial charge in [-0.1, -0.05) is 26.2 Å². The van der Waals surface area contributed by atoms with Gasteiger partial charge in [0.15, 0.2) is 5.65 Å². The SMILES string of the molecule is CCCCCCNCc1cnc2c(cnn2CCO)n1. The maximum Gasteiger partial charge on any atom is 0.176 e. The van der Waals surface area contributed by atoms with Crippen molar-refractivity contribution in [1.29, 1.82) is 0 Å². The third-order valence-electron chi connectivity index (χ3n) is 3.22. The first-order valence-electron chi connectivity index (χ1n) is 7.34. The summed E-state index contributed by atoms with van der Waals surface area (Å²) in [5, 5.41) is 16.5. The average molecular weight is 277 g/mol. The van der Waals surface area contributed by atoms with Gasteiger partial charge in [-0.25, -0.2) is 14.6 Å². The number of aliphatic hydroxyl groups is 1. The van der Waals surface area contributed by atoms with E-state index in [1.165, 1.54) is 25.7 Å². The molecule has 110 valence electrons. The number of hydrogen-bond donors (Lipinski definition) is 2. The van der Waals surface area contributed by atoms with E-state index in [0.29, 0.717) is 6.54 Å². The average Bonchev–Trinajstić information content (AvgIpc) is 2.86. The van der Waals surface area contributed by atoms with E-state index in [2.05, 4.69) is 27.3 Å². The van der Waals surface area contributed by atoms with E-state index in [4.69, 9.17) is 5.11 Å². The summed E-state index contributed by atoms with van der Waals surface area (Å²) in [5.74, 6) is 0. The van der Waals surface area contributed by atoms with E-state index >= 15 is 0 Å². The lowest BCUT2D eigenvalue weighted by molar-refractivity contribution is 0.271. The van der Waals surface area contributed by atoms with Crippen LogP contribution in [0, 0.1) is 0 Å². The van der Waals surface area contributed by atoms with Crippen molar-refractivity contribution in [3.05, 3.63) is 18.1 Å². The lowest BCUT2D eigenvalue weighted by Gasteiger charge is -2.04. The van der Waals surface area contributed by atoms with Gasteiger partial charge in [0.05, 0.1) is 31.2 Å². The molecule has 2 heterocycles. The maximum absolute atomic E-state index is 8.94. The fraction of sp³-hybridized carbons (Fsp3) is 0.643. The Labute approximate surface area is 119 Å². The van der Waals surface area contributed by atoms with Gasteiger partial charge in [-0.05, 0) is 13.0 Å². The lowest BCUT2D eigenvalue weighted by atomic mass is 10.2. The lowest BCUT2D eigenvalue weighted by Crippen LogP contribution is -2.16. The Morgan fingerprint density at radius 3 is 2.95 bits per heavy atom. The van der Waals surface area contributed by atoms with Crippen molar-refractivity contribution >= 4 is 11.2 Å². The molecule has 0 spiro atoms. The molecule has 0 atom stereocenters. The van der Waals surface area contributed by atoms with Gasteiger partial charge < -0.3 is 10.4 Å². The van der Waals surface area contributed by atoms with Gasteiger partial charge in [-0.3, -0.25) is 0 Å².